The minimum Gasteiger partial charge on any atom is -0.480 e. The summed E-state index contributed by atoms with van der Waals surface area (Å²) in [5.41, 5.74) is 0.424. The summed E-state index contributed by atoms with van der Waals surface area (Å²) < 4.78 is 5.08. The van der Waals surface area contributed by atoms with Gasteiger partial charge >= 0.3 is 5.97 Å². The van der Waals surface area contributed by atoms with Gasteiger partial charge in [0.15, 0.2) is 6.04 Å². The van der Waals surface area contributed by atoms with E-state index in [0.29, 0.717) is 17.2 Å². The summed E-state index contributed by atoms with van der Waals surface area (Å²) in [6.45, 7) is 0.649. The summed E-state index contributed by atoms with van der Waals surface area (Å²) >= 11 is 5.74. The molecule has 1 N–H and O–H groups in total. The third-order valence-electron chi connectivity index (χ3n) is 2.77. The first-order chi connectivity index (χ1) is 8.59. The Hall–Kier alpha value is -1.59. The molecule has 5 nitrogen and oxygen atoms in total. The fourth-order valence-corrected chi connectivity index (χ4v) is 1.94. The fraction of sp³-hybridized carbons (Fsp3) is 0.333. The van der Waals surface area contributed by atoms with Gasteiger partial charge in [-0.15, -0.1) is 0 Å². The van der Waals surface area contributed by atoms with E-state index in [-0.39, 0.29) is 19.1 Å². The first-order valence-corrected chi connectivity index (χ1v) is 5.84. The van der Waals surface area contributed by atoms with Crippen molar-refractivity contribution in [2.75, 3.05) is 19.8 Å². The van der Waals surface area contributed by atoms with Crippen molar-refractivity contribution in [2.24, 2.45) is 0 Å². The lowest BCUT2D eigenvalue weighted by atomic mass is 10.1. The molecule has 1 amide bonds. The van der Waals surface area contributed by atoms with Crippen LogP contribution in [0.2, 0.25) is 5.02 Å². The van der Waals surface area contributed by atoms with E-state index in [1.54, 1.807) is 24.3 Å². The monoisotopic (exact) mass is 269 g/mol. The summed E-state index contributed by atoms with van der Waals surface area (Å²) in [6.07, 6.45) is 0. The highest BCUT2D eigenvalue weighted by molar-refractivity contribution is 6.30. The van der Waals surface area contributed by atoms with Crippen molar-refractivity contribution in [3.05, 3.63) is 34.9 Å². The molecule has 0 aliphatic carbocycles. The van der Waals surface area contributed by atoms with Gasteiger partial charge in [-0.1, -0.05) is 11.6 Å². The highest BCUT2D eigenvalue weighted by Gasteiger charge is 2.33. The van der Waals surface area contributed by atoms with Gasteiger partial charge in [0.25, 0.3) is 5.91 Å². The molecule has 96 valence electrons. The lowest BCUT2D eigenvalue weighted by Gasteiger charge is -2.32. The largest absolute Gasteiger partial charge is 0.480 e. The Balaban J connectivity index is 2.20. The lowest BCUT2D eigenvalue weighted by molar-refractivity contribution is -0.147. The third kappa shape index (κ3) is 2.63. The molecule has 0 radical (unpaired) electrons. The zero-order valence-electron chi connectivity index (χ0n) is 9.51. The molecule has 18 heavy (non-hydrogen) atoms. The highest BCUT2D eigenvalue weighted by atomic mass is 35.5. The van der Waals surface area contributed by atoms with Crippen LogP contribution in [0.1, 0.15) is 10.4 Å². The number of ether oxygens (including phenoxy) is 1. The van der Waals surface area contributed by atoms with Crippen molar-refractivity contribution in [3.8, 4) is 0 Å². The molecule has 2 rings (SSSR count). The summed E-state index contributed by atoms with van der Waals surface area (Å²) in [6, 6.07) is 5.44. The smallest absolute Gasteiger partial charge is 0.328 e. The number of nitrogens with zero attached hydrogens (tertiary/aromatic N) is 1. The van der Waals surface area contributed by atoms with Crippen molar-refractivity contribution in [3.63, 3.8) is 0 Å². The molecular formula is C12H12ClNO4. The van der Waals surface area contributed by atoms with Crippen LogP contribution in [0.5, 0.6) is 0 Å². The van der Waals surface area contributed by atoms with Gasteiger partial charge in [-0.05, 0) is 24.3 Å². The molecule has 0 bridgehead atoms. The van der Waals surface area contributed by atoms with Crippen LogP contribution < -0.4 is 0 Å². The molecule has 1 aromatic carbocycles. The number of carbonyl (C=O) groups excluding carboxylic acids is 1. The molecule has 1 heterocycles. The van der Waals surface area contributed by atoms with Crippen molar-refractivity contribution in [2.45, 2.75) is 6.04 Å². The number of hydrogen-bond donors (Lipinski definition) is 1. The van der Waals surface area contributed by atoms with Gasteiger partial charge in [0.1, 0.15) is 0 Å². The van der Waals surface area contributed by atoms with E-state index in [9.17, 15) is 9.59 Å². The number of amides is 1. The SMILES string of the molecule is O=C(O)C1COCCN1C(=O)c1ccc(Cl)cc1. The van der Waals surface area contributed by atoms with E-state index in [2.05, 4.69) is 0 Å². The Labute approximate surface area is 109 Å². The molecule has 1 fully saturated rings. The quantitative estimate of drug-likeness (QED) is 0.878. The van der Waals surface area contributed by atoms with E-state index < -0.39 is 12.0 Å². The van der Waals surface area contributed by atoms with Crippen LogP contribution in [0.4, 0.5) is 0 Å². The Morgan fingerprint density at radius 2 is 2.00 bits per heavy atom. The Kier molecular flexibility index (Phi) is 3.84. The number of aliphatic carboxylic acids is 1. The summed E-state index contributed by atoms with van der Waals surface area (Å²) in [5.74, 6) is -1.38. The molecule has 1 aromatic rings. The number of rotatable bonds is 2. The molecule has 1 aliphatic heterocycles. The van der Waals surface area contributed by atoms with Crippen LogP contribution in [0, 0.1) is 0 Å². The molecule has 1 atom stereocenters. The zero-order valence-corrected chi connectivity index (χ0v) is 10.3. The van der Waals surface area contributed by atoms with Crippen LogP contribution in [-0.2, 0) is 9.53 Å². The third-order valence-corrected chi connectivity index (χ3v) is 3.02. The molecule has 0 saturated carbocycles. The second kappa shape index (κ2) is 5.37. The van der Waals surface area contributed by atoms with Crippen LogP contribution in [-0.4, -0.2) is 47.7 Å². The van der Waals surface area contributed by atoms with Gasteiger partial charge in [0.05, 0.1) is 13.2 Å². The van der Waals surface area contributed by atoms with E-state index >= 15 is 0 Å². The van der Waals surface area contributed by atoms with Crippen LogP contribution in [0.15, 0.2) is 24.3 Å². The molecule has 1 aliphatic rings. The second-order valence-corrected chi connectivity index (χ2v) is 4.37. The van der Waals surface area contributed by atoms with Crippen LogP contribution in [0.25, 0.3) is 0 Å². The fourth-order valence-electron chi connectivity index (χ4n) is 1.81. The Morgan fingerprint density at radius 3 is 2.61 bits per heavy atom. The highest BCUT2D eigenvalue weighted by Crippen LogP contribution is 2.15. The standard InChI is InChI=1S/C12H12ClNO4/c13-9-3-1-8(2-4-9)11(15)14-5-6-18-7-10(14)12(16)17/h1-4,10H,5-7H2,(H,16,17). The number of carbonyl (C=O) groups is 2. The van der Waals surface area contributed by atoms with Gasteiger partial charge in [-0.3, -0.25) is 4.79 Å². The number of morpholine rings is 1. The number of carboxylic acid groups (broad SMARTS) is 1. The van der Waals surface area contributed by atoms with Crippen molar-refractivity contribution >= 4 is 23.5 Å². The van der Waals surface area contributed by atoms with E-state index in [1.807, 2.05) is 0 Å². The van der Waals surface area contributed by atoms with Gasteiger partial charge in [0, 0.05) is 17.1 Å². The second-order valence-electron chi connectivity index (χ2n) is 3.93. The van der Waals surface area contributed by atoms with E-state index in [0.717, 1.165) is 0 Å². The first-order valence-electron chi connectivity index (χ1n) is 5.46. The number of hydrogen-bond acceptors (Lipinski definition) is 3. The van der Waals surface area contributed by atoms with Crippen molar-refractivity contribution in [1.82, 2.24) is 4.90 Å². The molecular weight excluding hydrogens is 258 g/mol. The van der Waals surface area contributed by atoms with Crippen molar-refractivity contribution < 1.29 is 19.4 Å². The maximum absolute atomic E-state index is 12.2. The first kappa shape index (κ1) is 12.9. The number of carboxylic acids is 1. The topological polar surface area (TPSA) is 66.8 Å². The summed E-state index contributed by atoms with van der Waals surface area (Å²) in [4.78, 5) is 24.6. The van der Waals surface area contributed by atoms with E-state index in [4.69, 9.17) is 21.4 Å². The Morgan fingerprint density at radius 1 is 1.33 bits per heavy atom. The van der Waals surface area contributed by atoms with Crippen LogP contribution >= 0.6 is 11.6 Å². The zero-order chi connectivity index (χ0) is 13.1. The summed E-state index contributed by atoms with van der Waals surface area (Å²) in [5, 5.41) is 9.58. The molecule has 1 saturated heterocycles. The maximum Gasteiger partial charge on any atom is 0.328 e. The predicted octanol–water partition coefficient (Wildman–Crippen LogP) is 1.27. The average Bonchev–Trinajstić information content (AvgIpc) is 2.39. The number of benzene rings is 1. The molecule has 1 unspecified atom stereocenters. The molecule has 0 aromatic heterocycles. The molecule has 6 heteroatoms. The van der Waals surface area contributed by atoms with Gasteiger partial charge in [-0.25, -0.2) is 4.79 Å². The van der Waals surface area contributed by atoms with Crippen LogP contribution in [0.3, 0.4) is 0 Å². The minimum atomic E-state index is -1.06. The maximum atomic E-state index is 12.2. The lowest BCUT2D eigenvalue weighted by Crippen LogP contribution is -2.52. The average molecular weight is 270 g/mol. The van der Waals surface area contributed by atoms with E-state index in [1.165, 1.54) is 4.90 Å². The summed E-state index contributed by atoms with van der Waals surface area (Å²) in [7, 11) is 0. The minimum absolute atomic E-state index is 0.0225. The van der Waals surface area contributed by atoms with Gasteiger partial charge in [-0.2, -0.15) is 0 Å². The Bertz CT molecular complexity index is 460. The van der Waals surface area contributed by atoms with Crippen molar-refractivity contribution in [1.29, 1.82) is 0 Å². The van der Waals surface area contributed by atoms with Gasteiger partial charge < -0.3 is 14.7 Å². The molecule has 0 spiro atoms. The van der Waals surface area contributed by atoms with Gasteiger partial charge in [0.2, 0.25) is 0 Å². The predicted molar refractivity (Wildman–Crippen MR) is 64.7 cm³/mol. The number of halogens is 1. The normalized spacial score (nSPS) is 19.6.